The number of hydrogen-bond donors (Lipinski definition) is 1. The lowest BCUT2D eigenvalue weighted by molar-refractivity contribution is -0.141. The third kappa shape index (κ3) is 4.16. The van der Waals surface area contributed by atoms with Gasteiger partial charge in [-0.3, -0.25) is 9.78 Å². The van der Waals surface area contributed by atoms with E-state index >= 15 is 0 Å². The highest BCUT2D eigenvalue weighted by Gasteiger charge is 2.32. The van der Waals surface area contributed by atoms with E-state index in [9.17, 15) is 26.4 Å². The Bertz CT molecular complexity index is 612. The maximum atomic E-state index is 12.3. The predicted octanol–water partition coefficient (Wildman–Crippen LogP) is 1.41. The largest absolute Gasteiger partial charge is 0.433 e. The normalized spacial score (nSPS) is 19.2. The number of rotatable bonds is 2. The second kappa shape index (κ2) is 5.63. The van der Waals surface area contributed by atoms with Crippen molar-refractivity contribution in [3.05, 3.63) is 29.6 Å². The van der Waals surface area contributed by atoms with E-state index in [4.69, 9.17) is 0 Å². The van der Waals surface area contributed by atoms with Crippen molar-refractivity contribution in [2.75, 3.05) is 11.5 Å². The fourth-order valence-corrected chi connectivity index (χ4v) is 3.49. The summed E-state index contributed by atoms with van der Waals surface area (Å²) in [4.78, 5) is 15.1. The molecule has 1 aromatic rings. The van der Waals surface area contributed by atoms with Gasteiger partial charge >= 0.3 is 6.18 Å². The van der Waals surface area contributed by atoms with E-state index in [0.29, 0.717) is 12.8 Å². The van der Waals surface area contributed by atoms with Gasteiger partial charge in [-0.2, -0.15) is 13.2 Å². The number of halogens is 3. The van der Waals surface area contributed by atoms with Crippen molar-refractivity contribution >= 4 is 15.7 Å². The Kier molecular flexibility index (Phi) is 4.22. The summed E-state index contributed by atoms with van der Waals surface area (Å²) < 4.78 is 59.5. The standard InChI is InChI=1S/C12H13F3N2O3S/c13-12(14,15)10-2-1-8(7-16-10)11(18)17-9-3-5-21(19,20)6-4-9/h1-2,7,9H,3-6H2,(H,17,18). The summed E-state index contributed by atoms with van der Waals surface area (Å²) in [5.41, 5.74) is -1.06. The lowest BCUT2D eigenvalue weighted by Crippen LogP contribution is -2.40. The molecule has 0 spiro atoms. The summed E-state index contributed by atoms with van der Waals surface area (Å²) in [7, 11) is -3.03. The molecule has 0 bridgehead atoms. The Morgan fingerprint density at radius 3 is 2.33 bits per heavy atom. The number of nitrogens with one attached hydrogen (secondary N) is 1. The Morgan fingerprint density at radius 2 is 1.86 bits per heavy atom. The average Bonchev–Trinajstić information content (AvgIpc) is 2.40. The second-order valence-corrected chi connectivity index (χ2v) is 7.13. The van der Waals surface area contributed by atoms with Crippen molar-refractivity contribution < 1.29 is 26.4 Å². The summed E-state index contributed by atoms with van der Waals surface area (Å²) >= 11 is 0. The van der Waals surface area contributed by atoms with E-state index in [2.05, 4.69) is 10.3 Å². The van der Waals surface area contributed by atoms with Crippen LogP contribution in [0.15, 0.2) is 18.3 Å². The van der Waals surface area contributed by atoms with Crippen LogP contribution in [0.25, 0.3) is 0 Å². The molecule has 0 radical (unpaired) electrons. The molecule has 1 aromatic heterocycles. The molecule has 0 saturated carbocycles. The highest BCUT2D eigenvalue weighted by molar-refractivity contribution is 7.91. The van der Waals surface area contributed by atoms with Crippen LogP contribution in [0.4, 0.5) is 13.2 Å². The molecule has 2 rings (SSSR count). The number of amides is 1. The zero-order chi connectivity index (χ0) is 15.7. The van der Waals surface area contributed by atoms with E-state index < -0.39 is 27.6 Å². The Labute approximate surface area is 119 Å². The average molecular weight is 322 g/mol. The van der Waals surface area contributed by atoms with Crippen LogP contribution in [-0.4, -0.2) is 36.9 Å². The molecule has 0 aromatic carbocycles. The number of aromatic nitrogens is 1. The number of carbonyl (C=O) groups excluding carboxylic acids is 1. The summed E-state index contributed by atoms with van der Waals surface area (Å²) in [6, 6.07) is 1.49. The monoisotopic (exact) mass is 322 g/mol. The molecule has 5 nitrogen and oxygen atoms in total. The van der Waals surface area contributed by atoms with E-state index in [-0.39, 0.29) is 23.1 Å². The first-order chi connectivity index (χ1) is 9.67. The number of carbonyl (C=O) groups is 1. The van der Waals surface area contributed by atoms with E-state index in [1.165, 1.54) is 0 Å². The van der Waals surface area contributed by atoms with Gasteiger partial charge in [-0.05, 0) is 25.0 Å². The molecular weight excluding hydrogens is 309 g/mol. The maximum absolute atomic E-state index is 12.3. The quantitative estimate of drug-likeness (QED) is 0.893. The lowest BCUT2D eigenvalue weighted by atomic mass is 10.1. The van der Waals surface area contributed by atoms with Crippen LogP contribution in [0.5, 0.6) is 0 Å². The van der Waals surface area contributed by atoms with Crippen LogP contribution in [0.1, 0.15) is 28.9 Å². The van der Waals surface area contributed by atoms with E-state index in [1.54, 1.807) is 0 Å². The molecule has 1 fully saturated rings. The van der Waals surface area contributed by atoms with Crippen molar-refractivity contribution in [2.24, 2.45) is 0 Å². The fraction of sp³-hybridized carbons (Fsp3) is 0.500. The molecule has 9 heteroatoms. The predicted molar refractivity (Wildman–Crippen MR) is 68.4 cm³/mol. The lowest BCUT2D eigenvalue weighted by Gasteiger charge is -2.23. The van der Waals surface area contributed by atoms with E-state index in [0.717, 1.165) is 18.3 Å². The highest BCUT2D eigenvalue weighted by Crippen LogP contribution is 2.27. The van der Waals surface area contributed by atoms with Crippen molar-refractivity contribution in [3.63, 3.8) is 0 Å². The van der Waals surface area contributed by atoms with Crippen LogP contribution >= 0.6 is 0 Å². The first-order valence-electron chi connectivity index (χ1n) is 6.22. The molecule has 0 atom stereocenters. The summed E-state index contributed by atoms with van der Waals surface area (Å²) in [6.07, 6.45) is -3.07. The van der Waals surface area contributed by atoms with Crippen molar-refractivity contribution in [1.29, 1.82) is 0 Å². The third-order valence-corrected chi connectivity index (χ3v) is 4.92. The third-order valence-electron chi connectivity index (χ3n) is 3.21. The van der Waals surface area contributed by atoms with Gasteiger partial charge < -0.3 is 5.32 Å². The first-order valence-corrected chi connectivity index (χ1v) is 8.04. The van der Waals surface area contributed by atoms with Gasteiger partial charge in [-0.1, -0.05) is 0 Å². The Morgan fingerprint density at radius 1 is 1.24 bits per heavy atom. The fourth-order valence-electron chi connectivity index (χ4n) is 2.00. The smallest absolute Gasteiger partial charge is 0.349 e. The van der Waals surface area contributed by atoms with Crippen molar-refractivity contribution in [3.8, 4) is 0 Å². The summed E-state index contributed by atoms with van der Waals surface area (Å²) in [5, 5.41) is 2.61. The van der Waals surface area contributed by atoms with Gasteiger partial charge in [0, 0.05) is 12.2 Å². The van der Waals surface area contributed by atoms with E-state index in [1.807, 2.05) is 0 Å². The Hall–Kier alpha value is -1.64. The molecule has 1 N–H and O–H groups in total. The molecule has 21 heavy (non-hydrogen) atoms. The van der Waals surface area contributed by atoms with Crippen LogP contribution in [0.2, 0.25) is 0 Å². The molecule has 1 aliphatic heterocycles. The van der Waals surface area contributed by atoms with Gasteiger partial charge in [0.15, 0.2) is 0 Å². The molecule has 116 valence electrons. The summed E-state index contributed by atoms with van der Waals surface area (Å²) in [6.45, 7) is 0. The van der Waals surface area contributed by atoms with Gasteiger partial charge in [-0.15, -0.1) is 0 Å². The number of nitrogens with zero attached hydrogens (tertiary/aromatic N) is 1. The van der Waals surface area contributed by atoms with Crippen molar-refractivity contribution in [1.82, 2.24) is 10.3 Å². The number of sulfone groups is 1. The van der Waals surface area contributed by atoms with Crippen LogP contribution < -0.4 is 5.32 Å². The SMILES string of the molecule is O=C(NC1CCS(=O)(=O)CC1)c1ccc(C(F)(F)F)nc1. The number of hydrogen-bond acceptors (Lipinski definition) is 4. The van der Waals surface area contributed by atoms with Gasteiger partial charge in [0.25, 0.3) is 5.91 Å². The van der Waals surface area contributed by atoms with Crippen molar-refractivity contribution in [2.45, 2.75) is 25.1 Å². The second-order valence-electron chi connectivity index (χ2n) is 4.83. The Balaban J connectivity index is 1.98. The molecule has 2 heterocycles. The first kappa shape index (κ1) is 15.7. The minimum Gasteiger partial charge on any atom is -0.349 e. The minimum absolute atomic E-state index is 0.00318. The topological polar surface area (TPSA) is 76.1 Å². The van der Waals surface area contributed by atoms with Crippen LogP contribution in [-0.2, 0) is 16.0 Å². The molecule has 0 aliphatic carbocycles. The maximum Gasteiger partial charge on any atom is 0.433 e. The van der Waals surface area contributed by atoms with Gasteiger partial charge in [0.05, 0.1) is 17.1 Å². The molecular formula is C12H13F3N2O3S. The van der Waals surface area contributed by atoms with Gasteiger partial charge in [-0.25, -0.2) is 8.42 Å². The highest BCUT2D eigenvalue weighted by atomic mass is 32.2. The van der Waals surface area contributed by atoms with Crippen LogP contribution in [0, 0.1) is 0 Å². The molecule has 1 saturated heterocycles. The number of alkyl halides is 3. The molecule has 1 amide bonds. The summed E-state index contributed by atoms with van der Waals surface area (Å²) in [5.74, 6) is -0.549. The molecule has 1 aliphatic rings. The molecule has 0 unspecified atom stereocenters. The number of pyridine rings is 1. The van der Waals surface area contributed by atoms with Gasteiger partial charge in [0.1, 0.15) is 15.5 Å². The van der Waals surface area contributed by atoms with Crippen LogP contribution in [0.3, 0.4) is 0 Å². The minimum atomic E-state index is -4.55. The van der Waals surface area contributed by atoms with Gasteiger partial charge in [0.2, 0.25) is 0 Å². The zero-order valence-corrected chi connectivity index (χ0v) is 11.7. The zero-order valence-electron chi connectivity index (χ0n) is 10.9.